The number of carbonyl (C=O) groups is 3. The Morgan fingerprint density at radius 3 is 1.90 bits per heavy atom. The fourth-order valence-electron chi connectivity index (χ4n) is 8.09. The molecule has 0 aromatic heterocycles. The molecule has 0 fully saturated rings. The average molecular weight is 655 g/mol. The van der Waals surface area contributed by atoms with Crippen LogP contribution in [0.5, 0.6) is 0 Å². The van der Waals surface area contributed by atoms with Gasteiger partial charge in [-0.2, -0.15) is 0 Å². The quantitative estimate of drug-likeness (QED) is 0.162. The number of ether oxygens (including phenoxy) is 2. The van der Waals surface area contributed by atoms with Crippen LogP contribution >= 0.6 is 0 Å². The minimum absolute atomic E-state index is 0.157. The zero-order valence-corrected chi connectivity index (χ0v) is 29.5. The smallest absolute Gasteiger partial charge is 0.189 e. The van der Waals surface area contributed by atoms with Crippen LogP contribution in [0.3, 0.4) is 0 Å². The van der Waals surface area contributed by atoms with E-state index < -0.39 is 0 Å². The Bertz CT molecular complexity index is 1950. The third-order valence-corrected chi connectivity index (χ3v) is 10.5. The Hall–Kier alpha value is -4.45. The lowest BCUT2D eigenvalue weighted by Crippen LogP contribution is -2.05. The molecule has 4 atom stereocenters. The number of allylic oxidation sites excluding steroid dienone is 1. The SMILES string of the molecule is COC1c2cccc(/C=C3\Cc4cc(C)ccc4C3=O)c2CC1C.COC1c2cccc(C=O)c2CC1C.Cc1ccc2c(c1)C(=O)CC2. The van der Waals surface area contributed by atoms with E-state index in [1.165, 1.54) is 44.5 Å². The van der Waals surface area contributed by atoms with Crippen molar-refractivity contribution in [3.63, 3.8) is 0 Å². The van der Waals surface area contributed by atoms with Gasteiger partial charge in [-0.1, -0.05) is 91.7 Å². The van der Waals surface area contributed by atoms with Crippen molar-refractivity contribution < 1.29 is 23.9 Å². The molecule has 5 nitrogen and oxygen atoms in total. The number of fused-ring (bicyclic) bond motifs is 4. The van der Waals surface area contributed by atoms with Crippen LogP contribution in [0.25, 0.3) is 6.08 Å². The summed E-state index contributed by atoms with van der Waals surface area (Å²) in [6, 6.07) is 24.4. The lowest BCUT2D eigenvalue weighted by atomic mass is 9.99. The van der Waals surface area contributed by atoms with Crippen molar-refractivity contribution in [2.45, 2.75) is 72.0 Å². The molecule has 5 heteroatoms. The first-order valence-electron chi connectivity index (χ1n) is 17.3. The topological polar surface area (TPSA) is 69.7 Å². The van der Waals surface area contributed by atoms with Crippen LogP contribution in [0.1, 0.15) is 114 Å². The molecule has 0 bridgehead atoms. The van der Waals surface area contributed by atoms with Crippen LogP contribution in [0.2, 0.25) is 0 Å². The van der Waals surface area contributed by atoms with Crippen molar-refractivity contribution in [1.29, 1.82) is 0 Å². The lowest BCUT2D eigenvalue weighted by Gasteiger charge is -2.14. The van der Waals surface area contributed by atoms with Gasteiger partial charge in [-0.05, 0) is 96.0 Å². The molecule has 4 aromatic carbocycles. The van der Waals surface area contributed by atoms with Crippen LogP contribution in [0.4, 0.5) is 0 Å². The Labute approximate surface area is 290 Å². The van der Waals surface area contributed by atoms with Crippen LogP contribution < -0.4 is 0 Å². The summed E-state index contributed by atoms with van der Waals surface area (Å²) in [5.74, 6) is 1.43. The molecule has 0 N–H and O–H groups in total. The van der Waals surface area contributed by atoms with Gasteiger partial charge in [-0.15, -0.1) is 0 Å². The molecule has 0 aliphatic heterocycles. The number of methoxy groups -OCH3 is 2. The maximum absolute atomic E-state index is 12.7. The minimum atomic E-state index is 0.157. The highest BCUT2D eigenvalue weighted by Gasteiger charge is 2.32. The predicted octanol–water partition coefficient (Wildman–Crippen LogP) is 9.20. The van der Waals surface area contributed by atoms with Crippen LogP contribution in [0.15, 0.2) is 78.4 Å². The van der Waals surface area contributed by atoms with Gasteiger partial charge in [0.25, 0.3) is 0 Å². The molecule has 4 aliphatic carbocycles. The fraction of sp³-hybridized carbons (Fsp3) is 0.341. The number of carbonyl (C=O) groups excluding carboxylic acids is 3. The van der Waals surface area contributed by atoms with E-state index in [1.54, 1.807) is 14.2 Å². The number of rotatable bonds is 4. The van der Waals surface area contributed by atoms with Crippen LogP contribution in [-0.2, 0) is 35.2 Å². The Kier molecular flexibility index (Phi) is 10.2. The van der Waals surface area contributed by atoms with Crippen molar-refractivity contribution in [2.24, 2.45) is 11.8 Å². The first-order chi connectivity index (χ1) is 23.6. The summed E-state index contributed by atoms with van der Waals surface area (Å²) in [5.41, 5.74) is 14.4. The van der Waals surface area contributed by atoms with Gasteiger partial charge in [0.1, 0.15) is 6.29 Å². The van der Waals surface area contributed by atoms with E-state index in [0.717, 1.165) is 59.8 Å². The minimum Gasteiger partial charge on any atom is -0.376 e. The molecule has 0 saturated heterocycles. The monoisotopic (exact) mass is 654 g/mol. The number of Topliss-reactive ketones (excluding diaryl/α,β-unsaturated/α-hetero) is 2. The molecule has 0 saturated carbocycles. The van der Waals surface area contributed by atoms with E-state index in [1.807, 2.05) is 37.3 Å². The largest absolute Gasteiger partial charge is 0.376 e. The van der Waals surface area contributed by atoms with Crippen LogP contribution in [0, 0.1) is 25.7 Å². The van der Waals surface area contributed by atoms with Gasteiger partial charge in [0.15, 0.2) is 11.6 Å². The van der Waals surface area contributed by atoms with Gasteiger partial charge < -0.3 is 9.47 Å². The molecule has 252 valence electrons. The van der Waals surface area contributed by atoms with Crippen molar-refractivity contribution in [3.8, 4) is 0 Å². The molecule has 4 aliphatic rings. The standard InChI is InChI=1S/C22H22O2.C12H14O2.C10H10O/c1-13-7-8-18-16(9-13)12-17(21(18)23)11-15-5-4-6-19-20(15)10-14(2)22(19)24-3;1-8-6-11-9(7-13)4-3-5-10(11)12(8)14-2;1-7-2-3-8-4-5-10(11)9(8)6-7/h4-9,11,14,22H,10,12H2,1-3H3;3-5,7-8,12H,6H2,1-2H3;2-3,6H,4-5H2,1H3/b17-11+;;. The highest BCUT2D eigenvalue weighted by Crippen LogP contribution is 2.41. The number of ketones is 2. The normalized spacial score (nSPS) is 22.0. The zero-order valence-electron chi connectivity index (χ0n) is 29.5. The summed E-state index contributed by atoms with van der Waals surface area (Å²) in [6.45, 7) is 8.47. The molecule has 4 unspecified atom stereocenters. The molecular weight excluding hydrogens is 608 g/mol. The van der Waals surface area contributed by atoms with Gasteiger partial charge in [0, 0.05) is 49.3 Å². The number of hydrogen-bond donors (Lipinski definition) is 0. The second-order valence-corrected chi connectivity index (χ2v) is 14.0. The molecular formula is C44H46O5. The summed E-state index contributed by atoms with van der Waals surface area (Å²) < 4.78 is 11.1. The molecule has 0 spiro atoms. The summed E-state index contributed by atoms with van der Waals surface area (Å²) in [5, 5.41) is 0. The molecule has 0 heterocycles. The third kappa shape index (κ3) is 6.88. The molecule has 49 heavy (non-hydrogen) atoms. The van der Waals surface area contributed by atoms with Crippen molar-refractivity contribution in [2.75, 3.05) is 14.2 Å². The summed E-state index contributed by atoms with van der Waals surface area (Å²) in [4.78, 5) is 34.7. The molecule has 8 rings (SSSR count). The summed E-state index contributed by atoms with van der Waals surface area (Å²) in [6.07, 6.45) is 7.69. The third-order valence-electron chi connectivity index (χ3n) is 10.5. The first kappa shape index (κ1) is 34.4. The zero-order chi connectivity index (χ0) is 34.8. The number of benzene rings is 4. The fourth-order valence-corrected chi connectivity index (χ4v) is 8.09. The highest BCUT2D eigenvalue weighted by atomic mass is 16.5. The second-order valence-electron chi connectivity index (χ2n) is 14.0. The second kappa shape index (κ2) is 14.6. The van der Waals surface area contributed by atoms with E-state index in [2.05, 4.69) is 69.3 Å². The summed E-state index contributed by atoms with van der Waals surface area (Å²) >= 11 is 0. The van der Waals surface area contributed by atoms with Crippen molar-refractivity contribution in [1.82, 2.24) is 0 Å². The molecule has 0 amide bonds. The summed E-state index contributed by atoms with van der Waals surface area (Å²) in [7, 11) is 3.50. The number of aryl methyl sites for hydroxylation is 3. The van der Waals surface area contributed by atoms with E-state index in [9.17, 15) is 14.4 Å². The average Bonchev–Trinajstić information content (AvgIpc) is 3.82. The maximum Gasteiger partial charge on any atom is 0.189 e. The Morgan fingerprint density at radius 2 is 1.27 bits per heavy atom. The van der Waals surface area contributed by atoms with Crippen molar-refractivity contribution >= 4 is 23.9 Å². The van der Waals surface area contributed by atoms with E-state index in [4.69, 9.17) is 9.47 Å². The van der Waals surface area contributed by atoms with Gasteiger partial charge in [0.05, 0.1) is 12.2 Å². The maximum atomic E-state index is 12.7. The first-order valence-corrected chi connectivity index (χ1v) is 17.3. The van der Waals surface area contributed by atoms with Crippen molar-refractivity contribution in [3.05, 3.63) is 145 Å². The van der Waals surface area contributed by atoms with E-state index in [-0.39, 0.29) is 18.0 Å². The van der Waals surface area contributed by atoms with Gasteiger partial charge >= 0.3 is 0 Å². The lowest BCUT2D eigenvalue weighted by molar-refractivity contribution is 0.0695. The number of aldehydes is 1. The number of hydrogen-bond acceptors (Lipinski definition) is 5. The highest BCUT2D eigenvalue weighted by molar-refractivity contribution is 6.15. The van der Waals surface area contributed by atoms with E-state index >= 15 is 0 Å². The van der Waals surface area contributed by atoms with Gasteiger partial charge in [0.2, 0.25) is 0 Å². The predicted molar refractivity (Wildman–Crippen MR) is 195 cm³/mol. The van der Waals surface area contributed by atoms with Gasteiger partial charge in [-0.3, -0.25) is 14.4 Å². The van der Waals surface area contributed by atoms with E-state index in [0.29, 0.717) is 24.0 Å². The van der Waals surface area contributed by atoms with Gasteiger partial charge in [-0.25, -0.2) is 0 Å². The molecule has 4 aromatic rings. The Balaban J connectivity index is 0.000000141. The molecule has 0 radical (unpaired) electrons. The Morgan fingerprint density at radius 1 is 0.673 bits per heavy atom. The van der Waals surface area contributed by atoms with Crippen LogP contribution in [-0.4, -0.2) is 32.1 Å².